The van der Waals surface area contributed by atoms with Gasteiger partial charge in [0, 0.05) is 0 Å². The van der Waals surface area contributed by atoms with Crippen LogP contribution in [0, 0.1) is 6.92 Å². The predicted molar refractivity (Wildman–Crippen MR) is 29.6 cm³/mol. The van der Waals surface area contributed by atoms with E-state index in [1.165, 1.54) is 6.08 Å². The van der Waals surface area contributed by atoms with Crippen LogP contribution in [0.3, 0.4) is 0 Å². The third-order valence-electron chi connectivity index (χ3n) is 0. The van der Waals surface area contributed by atoms with Crippen LogP contribution in [-0.2, 0) is 12.3 Å². The fourth-order valence-electron chi connectivity index (χ4n) is 0. The topological polar surface area (TPSA) is 0 Å². The van der Waals surface area contributed by atoms with Crippen LogP contribution >= 0.6 is 20.5 Å². The normalized spacial score (nSPS) is 3.80. The maximum atomic E-state index is 3.84. The van der Waals surface area contributed by atoms with E-state index >= 15 is 0 Å². The molecule has 2 heteroatoms. The second kappa shape index (κ2) is 21.1. The molecule has 0 radical (unpaired) electrons. The molecule has 0 aromatic heterocycles. The SMILES string of the molecule is C=C[CH2-].[Ni][I]. The molecule has 0 aliphatic carbocycles. The van der Waals surface area contributed by atoms with Gasteiger partial charge in [-0.15, -0.1) is 0 Å². The van der Waals surface area contributed by atoms with Gasteiger partial charge in [-0.3, -0.25) is 0 Å². The van der Waals surface area contributed by atoms with E-state index in [4.69, 9.17) is 0 Å². The monoisotopic (exact) mass is 226 g/mol. The van der Waals surface area contributed by atoms with E-state index in [0.717, 1.165) is 0 Å². The van der Waals surface area contributed by atoms with E-state index in [9.17, 15) is 0 Å². The summed E-state index contributed by atoms with van der Waals surface area (Å²) in [4.78, 5) is 0. The Balaban J connectivity index is 0. The van der Waals surface area contributed by atoms with Crippen LogP contribution in [0.25, 0.3) is 0 Å². The molecule has 0 atom stereocenters. The molecule has 0 aliphatic heterocycles. The minimum absolute atomic E-state index is 1.50. The zero-order valence-corrected chi connectivity index (χ0v) is 5.83. The zero-order valence-electron chi connectivity index (χ0n) is 2.69. The summed E-state index contributed by atoms with van der Waals surface area (Å²) in [7, 11) is 0. The zero-order chi connectivity index (χ0) is 4.71. The first-order valence-electron chi connectivity index (χ1n) is 0.936. The molecule has 0 fully saturated rings. The first-order chi connectivity index (χ1) is 2.41. The second-order valence-electron chi connectivity index (χ2n) is 0.289. The average Bonchev–Trinajstić information content (AvgIpc) is 1.46. The van der Waals surface area contributed by atoms with E-state index in [2.05, 4.69) is 25.8 Å². The molecule has 0 saturated carbocycles. The summed E-state index contributed by atoms with van der Waals surface area (Å²) in [5.41, 5.74) is 0. The second-order valence-corrected chi connectivity index (χ2v) is 0.289. The van der Waals surface area contributed by atoms with Gasteiger partial charge in [-0.1, -0.05) is 0 Å². The van der Waals surface area contributed by atoms with Crippen molar-refractivity contribution < 1.29 is 12.3 Å². The molecule has 0 N–H and O–H groups in total. The Labute approximate surface area is 52.3 Å². The van der Waals surface area contributed by atoms with Gasteiger partial charge in [-0.05, 0) is 0 Å². The van der Waals surface area contributed by atoms with Gasteiger partial charge >= 0.3 is 32.8 Å². The van der Waals surface area contributed by atoms with Crippen molar-refractivity contribution in [3.8, 4) is 0 Å². The van der Waals surface area contributed by atoms with E-state index in [1.54, 1.807) is 20.5 Å². The van der Waals surface area contributed by atoms with Crippen LogP contribution in [-0.4, -0.2) is 0 Å². The molecule has 0 bridgehead atoms. The molecule has 0 saturated heterocycles. The van der Waals surface area contributed by atoms with Crippen molar-refractivity contribution in [2.24, 2.45) is 0 Å². The van der Waals surface area contributed by atoms with Crippen molar-refractivity contribution in [1.82, 2.24) is 0 Å². The van der Waals surface area contributed by atoms with Crippen molar-refractivity contribution in [2.45, 2.75) is 0 Å². The van der Waals surface area contributed by atoms with E-state index in [0.29, 0.717) is 0 Å². The number of hydrogen-bond acceptors (Lipinski definition) is 0. The van der Waals surface area contributed by atoms with E-state index in [-0.39, 0.29) is 0 Å². The van der Waals surface area contributed by atoms with Gasteiger partial charge in [0.15, 0.2) is 0 Å². The molecule has 0 nitrogen and oxygen atoms in total. The van der Waals surface area contributed by atoms with Crippen molar-refractivity contribution in [1.29, 1.82) is 0 Å². The van der Waals surface area contributed by atoms with Gasteiger partial charge in [0.25, 0.3) is 0 Å². The Morgan fingerprint density at radius 3 is 1.80 bits per heavy atom. The Bertz CT molecular complexity index is 14.4. The average molecular weight is 227 g/mol. The Kier molecular flexibility index (Phi) is 39.2. The predicted octanol–water partition coefficient (Wildman–Crippen LogP) is 1.89. The molecule has 0 aromatic rings. The summed E-state index contributed by atoms with van der Waals surface area (Å²) in [6, 6.07) is 0. The third-order valence-corrected chi connectivity index (χ3v) is 0. The Morgan fingerprint density at radius 1 is 1.80 bits per heavy atom. The van der Waals surface area contributed by atoms with Crippen molar-refractivity contribution in [3.63, 3.8) is 0 Å². The van der Waals surface area contributed by atoms with Crippen LogP contribution in [0.1, 0.15) is 0 Å². The van der Waals surface area contributed by atoms with Crippen molar-refractivity contribution in [2.75, 3.05) is 0 Å². The molecule has 0 unspecified atom stereocenters. The summed E-state index contributed by atoms with van der Waals surface area (Å²) >= 11 is 5.62. The molecule has 0 heterocycles. The first kappa shape index (κ1) is 9.27. The molecule has 0 rings (SSSR count). The van der Waals surface area contributed by atoms with Crippen molar-refractivity contribution >= 4 is 20.5 Å². The Morgan fingerprint density at radius 2 is 1.80 bits per heavy atom. The van der Waals surface area contributed by atoms with Gasteiger partial charge in [0.1, 0.15) is 0 Å². The molecule has 0 amide bonds. The van der Waals surface area contributed by atoms with E-state index in [1.807, 2.05) is 0 Å². The van der Waals surface area contributed by atoms with Gasteiger partial charge in [0.2, 0.25) is 0 Å². The number of rotatable bonds is 0. The maximum absolute atomic E-state index is 3.84. The molecular formula is C3H5INi-. The van der Waals surface area contributed by atoms with Crippen LogP contribution < -0.4 is 0 Å². The van der Waals surface area contributed by atoms with Crippen LogP contribution in [0.4, 0.5) is 0 Å². The first-order valence-corrected chi connectivity index (χ1v) is 4.12. The third kappa shape index (κ3) is 55.9. The molecular weight excluding hydrogens is 222 g/mol. The molecule has 5 heavy (non-hydrogen) atoms. The van der Waals surface area contributed by atoms with Crippen LogP contribution in [0.2, 0.25) is 0 Å². The van der Waals surface area contributed by atoms with Gasteiger partial charge < -0.3 is 0 Å². The van der Waals surface area contributed by atoms with Crippen LogP contribution in [0.15, 0.2) is 12.7 Å². The summed E-state index contributed by atoms with van der Waals surface area (Å²) in [6.45, 7) is 6.50. The summed E-state index contributed by atoms with van der Waals surface area (Å²) in [5, 5.41) is 0. The minimum atomic E-state index is 1.50. The van der Waals surface area contributed by atoms with Crippen molar-refractivity contribution in [3.05, 3.63) is 19.6 Å². The van der Waals surface area contributed by atoms with Gasteiger partial charge in [-0.25, -0.2) is 19.6 Å². The Hall–Kier alpha value is 0.834. The van der Waals surface area contributed by atoms with Gasteiger partial charge in [-0.2, -0.15) is 0 Å². The molecule has 0 aromatic carbocycles. The summed E-state index contributed by atoms with van der Waals surface area (Å²) in [6.07, 6.45) is 1.50. The molecule has 0 aliphatic rings. The van der Waals surface area contributed by atoms with Crippen LogP contribution in [0.5, 0.6) is 0 Å². The molecule has 0 spiro atoms. The summed E-state index contributed by atoms with van der Waals surface area (Å²) < 4.78 is 0. The fourth-order valence-corrected chi connectivity index (χ4v) is 0. The quantitative estimate of drug-likeness (QED) is 0.336. The fraction of sp³-hybridized carbons (Fsp3) is 0. The molecule has 35 valence electrons. The van der Waals surface area contributed by atoms with E-state index < -0.39 is 0 Å². The standard InChI is InChI=1S/C3H5.HI.Ni/c1-3-2;;/h3H,1-2H2;1H;/q-1;;+1/p-1. The summed E-state index contributed by atoms with van der Waals surface area (Å²) in [5.74, 6) is 0. The number of allylic oxidation sites excluding steroid dienone is 1. The number of hydrogen-bond donors (Lipinski definition) is 0. The number of halogens is 1. The van der Waals surface area contributed by atoms with Gasteiger partial charge in [0.05, 0.1) is 0 Å².